The van der Waals surface area contributed by atoms with Crippen molar-refractivity contribution in [3.8, 4) is 0 Å². The molecule has 0 amide bonds. The van der Waals surface area contributed by atoms with E-state index in [9.17, 15) is 0 Å². The first-order valence-electron chi connectivity index (χ1n) is 5.26. The fourth-order valence-corrected chi connectivity index (χ4v) is 1.13. The van der Waals surface area contributed by atoms with Crippen molar-refractivity contribution in [1.29, 1.82) is 0 Å². The van der Waals surface area contributed by atoms with Crippen molar-refractivity contribution in [1.82, 2.24) is 9.78 Å². The molecule has 0 fully saturated rings. The number of rotatable bonds is 5. The summed E-state index contributed by atoms with van der Waals surface area (Å²) in [6.07, 6.45) is 3.85. The molecule has 0 radical (unpaired) electrons. The third-order valence-electron chi connectivity index (χ3n) is 1.98. The zero-order valence-corrected chi connectivity index (χ0v) is 10.1. The Balaban J connectivity index is 2.39. The van der Waals surface area contributed by atoms with Crippen molar-refractivity contribution >= 4 is 5.69 Å². The molecule has 86 valence electrons. The van der Waals surface area contributed by atoms with Crippen LogP contribution in [0.25, 0.3) is 0 Å². The molecule has 4 heteroatoms. The van der Waals surface area contributed by atoms with Crippen molar-refractivity contribution in [3.63, 3.8) is 0 Å². The molecule has 0 aliphatic rings. The fraction of sp³-hybridized carbons (Fsp3) is 0.727. The molecule has 4 nitrogen and oxygen atoms in total. The minimum Gasteiger partial charge on any atom is -0.383 e. The van der Waals surface area contributed by atoms with E-state index in [1.54, 1.807) is 7.11 Å². The number of nitrogens with one attached hydrogen (secondary N) is 1. The molecule has 15 heavy (non-hydrogen) atoms. The molecule has 0 unspecified atom stereocenters. The zero-order valence-electron chi connectivity index (χ0n) is 10.1. The molecule has 0 saturated carbocycles. The highest BCUT2D eigenvalue weighted by atomic mass is 16.5. The van der Waals surface area contributed by atoms with E-state index in [-0.39, 0.29) is 5.41 Å². The molecule has 1 N–H and O–H groups in total. The van der Waals surface area contributed by atoms with Gasteiger partial charge in [-0.25, -0.2) is 0 Å². The second kappa shape index (κ2) is 5.16. The van der Waals surface area contributed by atoms with Crippen LogP contribution in [0.4, 0.5) is 5.69 Å². The third kappa shape index (κ3) is 4.83. The van der Waals surface area contributed by atoms with E-state index in [4.69, 9.17) is 4.74 Å². The number of anilines is 1. The van der Waals surface area contributed by atoms with E-state index in [1.165, 1.54) is 0 Å². The van der Waals surface area contributed by atoms with Gasteiger partial charge in [0.25, 0.3) is 0 Å². The number of ether oxygens (including phenoxy) is 1. The maximum atomic E-state index is 4.99. The van der Waals surface area contributed by atoms with Crippen LogP contribution < -0.4 is 5.32 Å². The van der Waals surface area contributed by atoms with Gasteiger partial charge in [0.15, 0.2) is 0 Å². The van der Waals surface area contributed by atoms with Crippen LogP contribution in [0, 0.1) is 5.41 Å². The predicted molar refractivity (Wildman–Crippen MR) is 62.0 cm³/mol. The molecule has 0 spiro atoms. The minimum absolute atomic E-state index is 0.286. The smallest absolute Gasteiger partial charge is 0.0726 e. The van der Waals surface area contributed by atoms with Gasteiger partial charge in [0.2, 0.25) is 0 Å². The van der Waals surface area contributed by atoms with Crippen LogP contribution in [0.3, 0.4) is 0 Å². The van der Waals surface area contributed by atoms with Gasteiger partial charge in [-0.1, -0.05) is 20.8 Å². The topological polar surface area (TPSA) is 39.1 Å². The van der Waals surface area contributed by atoms with Crippen LogP contribution in [0.15, 0.2) is 12.4 Å². The summed E-state index contributed by atoms with van der Waals surface area (Å²) in [5.74, 6) is 0. The van der Waals surface area contributed by atoms with Gasteiger partial charge in [0, 0.05) is 19.9 Å². The van der Waals surface area contributed by atoms with Gasteiger partial charge in [0.05, 0.1) is 25.0 Å². The lowest BCUT2D eigenvalue weighted by atomic mass is 9.97. The molecule has 0 aromatic carbocycles. The van der Waals surface area contributed by atoms with E-state index >= 15 is 0 Å². The molecule has 1 aromatic heterocycles. The summed E-state index contributed by atoms with van der Waals surface area (Å²) in [5, 5.41) is 7.59. The summed E-state index contributed by atoms with van der Waals surface area (Å²) in [6.45, 7) is 9.05. The number of nitrogens with zero attached hydrogens (tertiary/aromatic N) is 2. The zero-order chi connectivity index (χ0) is 11.3. The lowest BCUT2D eigenvalue weighted by molar-refractivity contribution is 0.183. The Kier molecular flexibility index (Phi) is 4.15. The van der Waals surface area contributed by atoms with Gasteiger partial charge in [-0.15, -0.1) is 0 Å². The van der Waals surface area contributed by atoms with Gasteiger partial charge < -0.3 is 10.1 Å². The average molecular weight is 211 g/mol. The van der Waals surface area contributed by atoms with Crippen molar-refractivity contribution in [3.05, 3.63) is 12.4 Å². The number of hydrogen-bond donors (Lipinski definition) is 1. The summed E-state index contributed by atoms with van der Waals surface area (Å²) in [7, 11) is 1.70. The number of hydrogen-bond acceptors (Lipinski definition) is 3. The second-order valence-electron chi connectivity index (χ2n) is 4.90. The van der Waals surface area contributed by atoms with Gasteiger partial charge in [-0.05, 0) is 5.41 Å². The summed E-state index contributed by atoms with van der Waals surface area (Å²) in [5.41, 5.74) is 1.36. The van der Waals surface area contributed by atoms with E-state index in [0.29, 0.717) is 6.61 Å². The first kappa shape index (κ1) is 12.0. The SMILES string of the molecule is COCCn1cc(NCC(C)(C)C)cn1. The predicted octanol–water partition coefficient (Wildman–Crippen LogP) is 1.99. The molecule has 1 heterocycles. The van der Waals surface area contributed by atoms with Gasteiger partial charge in [-0.2, -0.15) is 5.10 Å². The van der Waals surface area contributed by atoms with Crippen LogP contribution in [0.1, 0.15) is 20.8 Å². The maximum absolute atomic E-state index is 4.99. The first-order chi connectivity index (χ1) is 7.01. The van der Waals surface area contributed by atoms with Crippen LogP contribution >= 0.6 is 0 Å². The highest BCUT2D eigenvalue weighted by molar-refractivity contribution is 5.38. The summed E-state index contributed by atoms with van der Waals surface area (Å²) in [4.78, 5) is 0. The first-order valence-corrected chi connectivity index (χ1v) is 5.26. The molecule has 1 aromatic rings. The van der Waals surface area contributed by atoms with Crippen molar-refractivity contribution in [2.75, 3.05) is 25.6 Å². The van der Waals surface area contributed by atoms with Crippen molar-refractivity contribution < 1.29 is 4.74 Å². The van der Waals surface area contributed by atoms with Crippen molar-refractivity contribution in [2.45, 2.75) is 27.3 Å². The van der Waals surface area contributed by atoms with Crippen LogP contribution in [0.2, 0.25) is 0 Å². The Labute approximate surface area is 91.6 Å². The second-order valence-corrected chi connectivity index (χ2v) is 4.90. The standard InChI is InChI=1S/C11H21N3O/c1-11(2,3)9-12-10-7-13-14(8-10)5-6-15-4/h7-8,12H,5-6,9H2,1-4H3. The normalized spacial score (nSPS) is 11.7. The highest BCUT2D eigenvalue weighted by Gasteiger charge is 2.09. The van der Waals surface area contributed by atoms with Gasteiger partial charge >= 0.3 is 0 Å². The largest absolute Gasteiger partial charge is 0.383 e. The van der Waals surface area contributed by atoms with Crippen molar-refractivity contribution in [2.24, 2.45) is 5.41 Å². The Morgan fingerprint density at radius 2 is 2.20 bits per heavy atom. The molecule has 0 aliphatic carbocycles. The Bertz CT molecular complexity index is 288. The summed E-state index contributed by atoms with van der Waals surface area (Å²) >= 11 is 0. The third-order valence-corrected chi connectivity index (χ3v) is 1.98. The average Bonchev–Trinajstić information content (AvgIpc) is 2.58. The molecule has 1 rings (SSSR count). The monoisotopic (exact) mass is 211 g/mol. The van der Waals surface area contributed by atoms with E-state index in [2.05, 4.69) is 31.2 Å². The van der Waals surface area contributed by atoms with Gasteiger partial charge in [0.1, 0.15) is 0 Å². The van der Waals surface area contributed by atoms with E-state index in [0.717, 1.165) is 18.8 Å². The lowest BCUT2D eigenvalue weighted by Crippen LogP contribution is -2.18. The summed E-state index contributed by atoms with van der Waals surface area (Å²) in [6, 6.07) is 0. The molecule has 0 atom stereocenters. The lowest BCUT2D eigenvalue weighted by Gasteiger charge is -2.18. The quantitative estimate of drug-likeness (QED) is 0.809. The molecular formula is C11H21N3O. The molecule has 0 saturated heterocycles. The van der Waals surface area contributed by atoms with Crippen LogP contribution in [-0.4, -0.2) is 30.0 Å². The number of methoxy groups -OCH3 is 1. The summed E-state index contributed by atoms with van der Waals surface area (Å²) < 4.78 is 6.87. The Morgan fingerprint density at radius 3 is 2.80 bits per heavy atom. The van der Waals surface area contributed by atoms with Gasteiger partial charge in [-0.3, -0.25) is 4.68 Å². The Morgan fingerprint density at radius 1 is 1.47 bits per heavy atom. The van der Waals surface area contributed by atoms with Crippen LogP contribution in [0.5, 0.6) is 0 Å². The molecule has 0 bridgehead atoms. The maximum Gasteiger partial charge on any atom is 0.0726 e. The van der Waals surface area contributed by atoms with Crippen LogP contribution in [-0.2, 0) is 11.3 Å². The Hall–Kier alpha value is -1.03. The number of aromatic nitrogens is 2. The molecule has 0 aliphatic heterocycles. The minimum atomic E-state index is 0.286. The van der Waals surface area contributed by atoms with E-state index < -0.39 is 0 Å². The van der Waals surface area contributed by atoms with E-state index in [1.807, 2.05) is 17.1 Å². The molecular weight excluding hydrogens is 190 g/mol. The highest BCUT2D eigenvalue weighted by Crippen LogP contribution is 2.14. The fourth-order valence-electron chi connectivity index (χ4n) is 1.13.